The number of nitrogens with one attached hydrogen (secondary N) is 2. The third-order valence-electron chi connectivity index (χ3n) is 2.71. The molecular formula is C12H24N4O2S2. The van der Waals surface area contributed by atoms with Crippen LogP contribution in [0.2, 0.25) is 0 Å². The second-order valence-electron chi connectivity index (χ2n) is 4.96. The number of nitrogens with zero attached hydrogens (tertiary/aromatic N) is 2. The van der Waals surface area contributed by atoms with Crippen LogP contribution in [-0.4, -0.2) is 43.9 Å². The predicted octanol–water partition coefficient (Wildman–Crippen LogP) is 1.11. The van der Waals surface area contributed by atoms with Gasteiger partial charge in [-0.25, -0.2) is 4.98 Å². The van der Waals surface area contributed by atoms with Gasteiger partial charge in [0.1, 0.15) is 0 Å². The fourth-order valence-corrected chi connectivity index (χ4v) is 3.33. The normalized spacial score (nSPS) is 12.5. The molecule has 0 spiro atoms. The van der Waals surface area contributed by atoms with Crippen LogP contribution in [0.5, 0.6) is 0 Å². The Balaban J connectivity index is 2.35. The molecule has 0 amide bonds. The van der Waals surface area contributed by atoms with Crippen molar-refractivity contribution in [1.29, 1.82) is 0 Å². The summed E-state index contributed by atoms with van der Waals surface area (Å²) in [6.45, 7) is 7.64. The molecule has 20 heavy (non-hydrogen) atoms. The van der Waals surface area contributed by atoms with Gasteiger partial charge in [-0.3, -0.25) is 0 Å². The highest BCUT2D eigenvalue weighted by Gasteiger charge is 2.16. The fourth-order valence-electron chi connectivity index (χ4n) is 1.57. The standard InChI is InChI=1S/C12H24N4O2S2/c1-10(2)13-6-5-7-16(4)20(17,18)15-9-12-8-14-11(3)19-12/h8,10,13,15H,5-7,9H2,1-4H3. The number of hydrogen-bond donors (Lipinski definition) is 2. The topological polar surface area (TPSA) is 74.3 Å². The highest BCUT2D eigenvalue weighted by molar-refractivity contribution is 7.87. The smallest absolute Gasteiger partial charge is 0.279 e. The van der Waals surface area contributed by atoms with Crippen molar-refractivity contribution in [3.05, 3.63) is 16.1 Å². The Morgan fingerprint density at radius 1 is 1.45 bits per heavy atom. The molecule has 0 saturated heterocycles. The lowest BCUT2D eigenvalue weighted by molar-refractivity contribution is 0.439. The monoisotopic (exact) mass is 320 g/mol. The molecule has 0 radical (unpaired) electrons. The minimum absolute atomic E-state index is 0.294. The lowest BCUT2D eigenvalue weighted by Gasteiger charge is -2.17. The summed E-state index contributed by atoms with van der Waals surface area (Å²) in [5.74, 6) is 0. The second-order valence-corrected chi connectivity index (χ2v) is 8.14. The van der Waals surface area contributed by atoms with E-state index in [4.69, 9.17) is 0 Å². The summed E-state index contributed by atoms with van der Waals surface area (Å²) in [5.41, 5.74) is 0. The summed E-state index contributed by atoms with van der Waals surface area (Å²) in [6, 6.07) is 0.421. The fraction of sp³-hybridized carbons (Fsp3) is 0.750. The van der Waals surface area contributed by atoms with E-state index in [1.165, 1.54) is 15.6 Å². The molecule has 0 atom stereocenters. The van der Waals surface area contributed by atoms with Gasteiger partial charge in [0.05, 0.1) is 5.01 Å². The lowest BCUT2D eigenvalue weighted by atomic mass is 10.3. The quantitative estimate of drug-likeness (QED) is 0.668. The van der Waals surface area contributed by atoms with Crippen molar-refractivity contribution in [2.75, 3.05) is 20.1 Å². The minimum Gasteiger partial charge on any atom is -0.314 e. The van der Waals surface area contributed by atoms with Gasteiger partial charge in [-0.15, -0.1) is 11.3 Å². The van der Waals surface area contributed by atoms with Crippen molar-refractivity contribution in [3.8, 4) is 0 Å². The van der Waals surface area contributed by atoms with Crippen molar-refractivity contribution in [3.63, 3.8) is 0 Å². The molecule has 2 N–H and O–H groups in total. The SMILES string of the molecule is Cc1ncc(CNS(=O)(=O)N(C)CCCNC(C)C)s1. The molecule has 0 saturated carbocycles. The molecule has 0 aliphatic heterocycles. The van der Waals surface area contributed by atoms with Crippen LogP contribution in [0.25, 0.3) is 0 Å². The zero-order valence-corrected chi connectivity index (χ0v) is 14.1. The van der Waals surface area contributed by atoms with E-state index in [1.54, 1.807) is 13.2 Å². The van der Waals surface area contributed by atoms with Crippen LogP contribution in [0.3, 0.4) is 0 Å². The van der Waals surface area contributed by atoms with Crippen molar-refractivity contribution in [2.24, 2.45) is 0 Å². The van der Waals surface area contributed by atoms with Gasteiger partial charge in [0.25, 0.3) is 10.2 Å². The molecule has 0 bridgehead atoms. The van der Waals surface area contributed by atoms with E-state index < -0.39 is 10.2 Å². The first-order valence-electron chi connectivity index (χ1n) is 6.67. The number of rotatable bonds is 9. The van der Waals surface area contributed by atoms with E-state index in [1.807, 2.05) is 6.92 Å². The summed E-state index contributed by atoms with van der Waals surface area (Å²) < 4.78 is 28.0. The highest BCUT2D eigenvalue weighted by atomic mass is 32.2. The van der Waals surface area contributed by atoms with Gasteiger partial charge >= 0.3 is 0 Å². The average molecular weight is 320 g/mol. The Labute approximate surface area is 125 Å². The molecular weight excluding hydrogens is 296 g/mol. The molecule has 6 nitrogen and oxygen atoms in total. The highest BCUT2D eigenvalue weighted by Crippen LogP contribution is 2.11. The summed E-state index contributed by atoms with van der Waals surface area (Å²) in [4.78, 5) is 5.02. The zero-order chi connectivity index (χ0) is 15.2. The Bertz CT molecular complexity index is 499. The average Bonchev–Trinajstić information content (AvgIpc) is 2.77. The third kappa shape index (κ3) is 6.27. The molecule has 0 aliphatic carbocycles. The first-order valence-corrected chi connectivity index (χ1v) is 8.92. The molecule has 1 aromatic heterocycles. The number of hydrogen-bond acceptors (Lipinski definition) is 5. The van der Waals surface area contributed by atoms with Gasteiger partial charge in [0, 0.05) is 37.3 Å². The molecule has 0 fully saturated rings. The first-order chi connectivity index (χ1) is 9.31. The van der Waals surface area contributed by atoms with Crippen molar-refractivity contribution >= 4 is 21.5 Å². The third-order valence-corrected chi connectivity index (χ3v) is 5.14. The summed E-state index contributed by atoms with van der Waals surface area (Å²) in [5, 5.41) is 4.20. The number of aromatic nitrogens is 1. The lowest BCUT2D eigenvalue weighted by Crippen LogP contribution is -2.39. The Kier molecular flexibility index (Phi) is 7.04. The van der Waals surface area contributed by atoms with Crippen LogP contribution in [0.4, 0.5) is 0 Å². The van der Waals surface area contributed by atoms with Gasteiger partial charge in [-0.1, -0.05) is 13.8 Å². The van der Waals surface area contributed by atoms with Crippen LogP contribution in [-0.2, 0) is 16.8 Å². The van der Waals surface area contributed by atoms with E-state index in [0.29, 0.717) is 19.1 Å². The molecule has 116 valence electrons. The Morgan fingerprint density at radius 3 is 2.70 bits per heavy atom. The van der Waals surface area contributed by atoms with Crippen LogP contribution in [0.15, 0.2) is 6.20 Å². The summed E-state index contributed by atoms with van der Waals surface area (Å²) in [7, 11) is -1.82. The van der Waals surface area contributed by atoms with Crippen molar-refractivity contribution in [2.45, 2.75) is 39.8 Å². The largest absolute Gasteiger partial charge is 0.314 e. The number of aryl methyl sites for hydroxylation is 1. The van der Waals surface area contributed by atoms with E-state index in [9.17, 15) is 8.42 Å². The minimum atomic E-state index is -3.42. The van der Waals surface area contributed by atoms with Crippen LogP contribution in [0.1, 0.15) is 30.2 Å². The van der Waals surface area contributed by atoms with Crippen LogP contribution in [0, 0.1) is 6.92 Å². The van der Waals surface area contributed by atoms with Crippen LogP contribution < -0.4 is 10.0 Å². The second kappa shape index (κ2) is 8.04. The van der Waals surface area contributed by atoms with E-state index >= 15 is 0 Å². The van der Waals surface area contributed by atoms with E-state index in [2.05, 4.69) is 28.9 Å². The van der Waals surface area contributed by atoms with Crippen LogP contribution >= 0.6 is 11.3 Å². The maximum atomic E-state index is 12.0. The molecule has 0 aliphatic rings. The van der Waals surface area contributed by atoms with Gasteiger partial charge in [-0.05, 0) is 19.9 Å². The van der Waals surface area contributed by atoms with Gasteiger partial charge in [0.2, 0.25) is 0 Å². The molecule has 0 unspecified atom stereocenters. The maximum absolute atomic E-state index is 12.0. The van der Waals surface area contributed by atoms with Crippen molar-refractivity contribution < 1.29 is 8.42 Å². The van der Waals surface area contributed by atoms with Crippen molar-refractivity contribution in [1.82, 2.24) is 19.3 Å². The molecule has 1 aromatic rings. The Morgan fingerprint density at radius 2 is 2.15 bits per heavy atom. The molecule has 1 heterocycles. The summed E-state index contributed by atoms with van der Waals surface area (Å²) in [6.07, 6.45) is 2.49. The van der Waals surface area contributed by atoms with Gasteiger partial charge in [-0.2, -0.15) is 17.4 Å². The first kappa shape index (κ1) is 17.5. The predicted molar refractivity (Wildman–Crippen MR) is 83.0 cm³/mol. The van der Waals surface area contributed by atoms with Gasteiger partial charge in [0.15, 0.2) is 0 Å². The molecule has 8 heteroatoms. The van der Waals surface area contributed by atoms with Gasteiger partial charge < -0.3 is 5.32 Å². The molecule has 0 aromatic carbocycles. The van der Waals surface area contributed by atoms with E-state index in [-0.39, 0.29) is 0 Å². The molecule has 1 rings (SSSR count). The summed E-state index contributed by atoms with van der Waals surface area (Å²) >= 11 is 1.50. The van der Waals surface area contributed by atoms with E-state index in [0.717, 1.165) is 22.9 Å². The zero-order valence-electron chi connectivity index (χ0n) is 12.5. The Hall–Kier alpha value is -0.540. The number of thiazole rings is 1. The maximum Gasteiger partial charge on any atom is 0.279 e.